The third-order valence-electron chi connectivity index (χ3n) is 4.50. The van der Waals surface area contributed by atoms with Gasteiger partial charge in [0, 0.05) is 41.0 Å². The number of amides is 1. The summed E-state index contributed by atoms with van der Waals surface area (Å²) in [5.74, 6) is -0.115. The van der Waals surface area contributed by atoms with Crippen LogP contribution in [0.25, 0.3) is 22.0 Å². The molecular formula is C21H21F2N3O3. The van der Waals surface area contributed by atoms with E-state index in [0.29, 0.717) is 34.3 Å². The smallest absolute Gasteiger partial charge is 0.275 e. The monoisotopic (exact) mass is 401 g/mol. The van der Waals surface area contributed by atoms with Crippen molar-refractivity contribution < 1.29 is 18.3 Å². The van der Waals surface area contributed by atoms with E-state index in [1.165, 1.54) is 13.2 Å². The normalized spacial score (nSPS) is 11.5. The number of H-pyrrole nitrogens is 1. The molecule has 2 heterocycles. The number of fused-ring (bicyclic) bond motifs is 1. The van der Waals surface area contributed by atoms with E-state index in [9.17, 15) is 18.4 Å². The number of aromatic nitrogens is 2. The van der Waals surface area contributed by atoms with Crippen molar-refractivity contribution in [2.75, 3.05) is 13.7 Å². The Morgan fingerprint density at radius 3 is 2.79 bits per heavy atom. The molecule has 0 saturated heterocycles. The number of carbonyl (C=O) groups excluding carboxylic acids is 1. The molecule has 29 heavy (non-hydrogen) atoms. The Morgan fingerprint density at radius 2 is 2.10 bits per heavy atom. The van der Waals surface area contributed by atoms with Gasteiger partial charge in [-0.1, -0.05) is 12.2 Å². The van der Waals surface area contributed by atoms with Crippen LogP contribution >= 0.6 is 0 Å². The molecule has 2 aromatic heterocycles. The van der Waals surface area contributed by atoms with Gasteiger partial charge < -0.3 is 19.6 Å². The maximum atomic E-state index is 12.7. The molecule has 8 heteroatoms. The van der Waals surface area contributed by atoms with Crippen molar-refractivity contribution >= 4 is 16.8 Å². The van der Waals surface area contributed by atoms with Crippen molar-refractivity contribution in [2.24, 2.45) is 0 Å². The molecule has 0 aliphatic rings. The molecular weight excluding hydrogens is 380 g/mol. The molecule has 0 aliphatic carbocycles. The van der Waals surface area contributed by atoms with E-state index in [-0.39, 0.29) is 11.1 Å². The standard InChI is InChI=1S/C21H21F2N3O3/c1-3-4-9-26-12-16(14-7-8-24-19(14)21(26)28)15-10-13(5-6-17(15)29-2)20(27)25-11-18(22)23/h3-8,10,12,18,24H,9,11H2,1-2H3,(H,25,27). The number of nitrogens with one attached hydrogen (secondary N) is 2. The molecule has 0 spiro atoms. The van der Waals surface area contributed by atoms with Gasteiger partial charge >= 0.3 is 0 Å². The number of methoxy groups -OCH3 is 1. The maximum absolute atomic E-state index is 12.7. The van der Waals surface area contributed by atoms with Gasteiger partial charge in [0.05, 0.1) is 13.7 Å². The highest BCUT2D eigenvalue weighted by Gasteiger charge is 2.17. The lowest BCUT2D eigenvalue weighted by molar-refractivity contribution is 0.0891. The van der Waals surface area contributed by atoms with E-state index in [4.69, 9.17) is 4.74 Å². The maximum Gasteiger partial charge on any atom is 0.275 e. The average Bonchev–Trinajstić information content (AvgIpc) is 3.21. The van der Waals surface area contributed by atoms with Gasteiger partial charge in [-0.05, 0) is 31.2 Å². The zero-order valence-corrected chi connectivity index (χ0v) is 16.0. The first-order chi connectivity index (χ1) is 14.0. The second-order valence-corrected chi connectivity index (χ2v) is 6.35. The highest BCUT2D eigenvalue weighted by atomic mass is 19.3. The molecule has 0 saturated carbocycles. The molecule has 2 N–H and O–H groups in total. The first-order valence-electron chi connectivity index (χ1n) is 9.02. The zero-order valence-electron chi connectivity index (χ0n) is 16.0. The van der Waals surface area contributed by atoms with Gasteiger partial charge in [0.25, 0.3) is 17.9 Å². The van der Waals surface area contributed by atoms with Gasteiger partial charge in [0.15, 0.2) is 0 Å². The largest absolute Gasteiger partial charge is 0.496 e. The average molecular weight is 401 g/mol. The van der Waals surface area contributed by atoms with Crippen LogP contribution in [0.15, 0.2) is 53.6 Å². The Balaban J connectivity index is 2.16. The fourth-order valence-electron chi connectivity index (χ4n) is 3.10. The zero-order chi connectivity index (χ0) is 21.0. The fraction of sp³-hybridized carbons (Fsp3) is 0.238. The molecule has 0 fully saturated rings. The highest BCUT2D eigenvalue weighted by Crippen LogP contribution is 2.34. The van der Waals surface area contributed by atoms with Crippen molar-refractivity contribution in [1.82, 2.24) is 14.9 Å². The fourth-order valence-corrected chi connectivity index (χ4v) is 3.10. The van der Waals surface area contributed by atoms with Crippen LogP contribution in [0.2, 0.25) is 0 Å². The Labute approximate surface area is 165 Å². The number of hydrogen-bond acceptors (Lipinski definition) is 3. The number of allylic oxidation sites excluding steroid dienone is 2. The van der Waals surface area contributed by atoms with Gasteiger partial charge in [-0.3, -0.25) is 9.59 Å². The van der Waals surface area contributed by atoms with Gasteiger partial charge in [-0.25, -0.2) is 8.78 Å². The minimum absolute atomic E-state index is 0.170. The summed E-state index contributed by atoms with van der Waals surface area (Å²) >= 11 is 0. The third-order valence-corrected chi connectivity index (χ3v) is 4.50. The van der Waals surface area contributed by atoms with E-state index in [1.807, 2.05) is 19.1 Å². The van der Waals surface area contributed by atoms with Gasteiger partial charge in [0.1, 0.15) is 11.3 Å². The minimum Gasteiger partial charge on any atom is -0.496 e. The van der Waals surface area contributed by atoms with Crippen LogP contribution in [-0.4, -0.2) is 35.5 Å². The summed E-state index contributed by atoms with van der Waals surface area (Å²) in [6, 6.07) is 6.46. The van der Waals surface area contributed by atoms with E-state index >= 15 is 0 Å². The van der Waals surface area contributed by atoms with Crippen molar-refractivity contribution in [3.8, 4) is 16.9 Å². The van der Waals surface area contributed by atoms with E-state index in [0.717, 1.165) is 0 Å². The Hall–Kier alpha value is -3.42. The van der Waals surface area contributed by atoms with Crippen LogP contribution in [0.1, 0.15) is 17.3 Å². The molecule has 1 aromatic carbocycles. The van der Waals surface area contributed by atoms with E-state index < -0.39 is 18.9 Å². The van der Waals surface area contributed by atoms with Crippen LogP contribution in [0.5, 0.6) is 5.75 Å². The number of carbonyl (C=O) groups is 1. The Bertz CT molecular complexity index is 1120. The lowest BCUT2D eigenvalue weighted by atomic mass is 10.00. The first kappa shape index (κ1) is 20.3. The van der Waals surface area contributed by atoms with Crippen molar-refractivity contribution in [2.45, 2.75) is 19.9 Å². The molecule has 3 rings (SSSR count). The molecule has 0 unspecified atom stereocenters. The van der Waals surface area contributed by atoms with E-state index in [2.05, 4.69) is 10.3 Å². The van der Waals surface area contributed by atoms with Gasteiger partial charge in [-0.15, -0.1) is 0 Å². The van der Waals surface area contributed by atoms with Crippen LogP contribution in [0.4, 0.5) is 8.78 Å². The summed E-state index contributed by atoms with van der Waals surface area (Å²) in [5.41, 5.74) is 1.75. The SMILES string of the molecule is CC=CCn1cc(-c2cc(C(=O)NCC(F)F)ccc2OC)c2cc[nH]c2c1=O. The molecule has 0 atom stereocenters. The minimum atomic E-state index is -2.63. The van der Waals surface area contributed by atoms with Crippen LogP contribution in [0.3, 0.4) is 0 Å². The van der Waals surface area contributed by atoms with Gasteiger partial charge in [-0.2, -0.15) is 0 Å². The molecule has 0 aliphatic heterocycles. The number of halogens is 2. The van der Waals surface area contributed by atoms with Crippen LogP contribution < -0.4 is 15.6 Å². The van der Waals surface area contributed by atoms with Crippen molar-refractivity contribution in [3.05, 3.63) is 64.7 Å². The molecule has 3 aromatic rings. The highest BCUT2D eigenvalue weighted by molar-refractivity contribution is 6.00. The van der Waals surface area contributed by atoms with Crippen molar-refractivity contribution in [3.63, 3.8) is 0 Å². The van der Waals surface area contributed by atoms with E-state index in [1.54, 1.807) is 35.2 Å². The number of ether oxygens (including phenoxy) is 1. The predicted octanol–water partition coefficient (Wildman–Crippen LogP) is 3.58. The van der Waals surface area contributed by atoms with Crippen LogP contribution in [0, 0.1) is 0 Å². The number of rotatable bonds is 7. The third kappa shape index (κ3) is 4.21. The molecule has 152 valence electrons. The van der Waals surface area contributed by atoms with Crippen LogP contribution in [-0.2, 0) is 6.54 Å². The number of hydrogen-bond donors (Lipinski definition) is 2. The molecule has 0 bridgehead atoms. The first-order valence-corrected chi connectivity index (χ1v) is 9.02. The summed E-state index contributed by atoms with van der Waals surface area (Å²) in [4.78, 5) is 27.9. The number of alkyl halides is 2. The Kier molecular flexibility index (Phi) is 6.11. The lowest BCUT2D eigenvalue weighted by Crippen LogP contribution is -2.28. The second-order valence-electron chi connectivity index (χ2n) is 6.35. The summed E-state index contributed by atoms with van der Waals surface area (Å²) in [7, 11) is 1.50. The van der Waals surface area contributed by atoms with Gasteiger partial charge in [0.2, 0.25) is 0 Å². The number of benzene rings is 1. The summed E-state index contributed by atoms with van der Waals surface area (Å²) in [6.45, 7) is 1.52. The summed E-state index contributed by atoms with van der Waals surface area (Å²) in [6.07, 6.45) is 4.44. The summed E-state index contributed by atoms with van der Waals surface area (Å²) < 4.78 is 31.8. The topological polar surface area (TPSA) is 76.1 Å². The van der Waals surface area contributed by atoms with Crippen molar-refractivity contribution in [1.29, 1.82) is 0 Å². The number of aromatic amines is 1. The number of pyridine rings is 1. The second kappa shape index (κ2) is 8.72. The number of nitrogens with zero attached hydrogens (tertiary/aromatic N) is 1. The Morgan fingerprint density at radius 1 is 1.31 bits per heavy atom. The summed E-state index contributed by atoms with van der Waals surface area (Å²) in [5, 5.41) is 2.87. The molecule has 6 nitrogen and oxygen atoms in total. The lowest BCUT2D eigenvalue weighted by Gasteiger charge is -2.14. The quantitative estimate of drug-likeness (QED) is 0.594. The molecule has 0 radical (unpaired) electrons. The molecule has 1 amide bonds. The predicted molar refractivity (Wildman–Crippen MR) is 108 cm³/mol.